The van der Waals surface area contributed by atoms with Gasteiger partial charge in [0.15, 0.2) is 6.10 Å². The van der Waals surface area contributed by atoms with Gasteiger partial charge in [-0.15, -0.1) is 0 Å². The van der Waals surface area contributed by atoms with Gasteiger partial charge in [-0.05, 0) is 17.5 Å². The number of hydrogen-bond donors (Lipinski definition) is 1. The van der Waals surface area contributed by atoms with E-state index in [0.29, 0.717) is 0 Å². The van der Waals surface area contributed by atoms with Crippen LogP contribution in [0.15, 0.2) is 35.5 Å². The monoisotopic (exact) mass is 186 g/mol. The van der Waals surface area contributed by atoms with Crippen molar-refractivity contribution in [3.63, 3.8) is 0 Å². The average Bonchev–Trinajstić information content (AvgIpc) is 2.86. The Morgan fingerprint density at radius 1 is 1.36 bits per heavy atom. The predicted octanol–water partition coefficient (Wildman–Crippen LogP) is 2.62. The van der Waals surface area contributed by atoms with Crippen LogP contribution in [0.5, 0.6) is 0 Å². The number of para-hydroxylation sites is 1. The highest BCUT2D eigenvalue weighted by Gasteiger charge is 2.17. The quantitative estimate of drug-likeness (QED) is 0.730. The zero-order chi connectivity index (χ0) is 9.38. The van der Waals surface area contributed by atoms with Crippen LogP contribution < -0.4 is 0 Å². The van der Waals surface area contributed by atoms with E-state index in [2.05, 4.69) is 28.3 Å². The Kier molecular flexibility index (Phi) is 1.56. The summed E-state index contributed by atoms with van der Waals surface area (Å²) in [6.45, 7) is 0. The smallest absolute Gasteiger partial charge is 0.172 e. The van der Waals surface area contributed by atoms with E-state index in [0.717, 1.165) is 17.6 Å². The number of rotatable bonds is 1. The largest absolute Gasteiger partial charge is 0.386 e. The van der Waals surface area contributed by atoms with Crippen molar-refractivity contribution < 1.29 is 4.84 Å². The molecule has 0 saturated carbocycles. The number of aromatic amines is 1. The SMILES string of the molecule is C1=NOC(c2cc3ccccc3[nH]2)C1. The molecule has 1 aromatic heterocycles. The van der Waals surface area contributed by atoms with Gasteiger partial charge in [0.05, 0.1) is 5.69 Å². The predicted molar refractivity (Wildman–Crippen MR) is 55.2 cm³/mol. The molecule has 0 fully saturated rings. The number of aromatic nitrogens is 1. The molecule has 1 aliphatic heterocycles. The molecule has 14 heavy (non-hydrogen) atoms. The Hall–Kier alpha value is -1.77. The normalized spacial score (nSPS) is 20.1. The summed E-state index contributed by atoms with van der Waals surface area (Å²) >= 11 is 0. The fraction of sp³-hybridized carbons (Fsp3) is 0.182. The first-order chi connectivity index (χ1) is 6.93. The molecule has 1 N–H and O–H groups in total. The molecule has 3 rings (SSSR count). The second-order valence-corrected chi connectivity index (χ2v) is 3.43. The zero-order valence-electron chi connectivity index (χ0n) is 7.60. The van der Waals surface area contributed by atoms with Crippen LogP contribution in [0.2, 0.25) is 0 Å². The van der Waals surface area contributed by atoms with Crippen molar-refractivity contribution in [2.75, 3.05) is 0 Å². The van der Waals surface area contributed by atoms with Crippen molar-refractivity contribution in [1.82, 2.24) is 4.98 Å². The summed E-state index contributed by atoms with van der Waals surface area (Å²) in [5, 5.41) is 4.99. The van der Waals surface area contributed by atoms with Crippen molar-refractivity contribution in [3.05, 3.63) is 36.0 Å². The number of nitrogens with zero attached hydrogens (tertiary/aromatic N) is 1. The van der Waals surface area contributed by atoms with Gasteiger partial charge in [-0.3, -0.25) is 0 Å². The van der Waals surface area contributed by atoms with Gasteiger partial charge in [-0.1, -0.05) is 23.4 Å². The van der Waals surface area contributed by atoms with Crippen molar-refractivity contribution >= 4 is 17.1 Å². The lowest BCUT2D eigenvalue weighted by Crippen LogP contribution is -1.95. The van der Waals surface area contributed by atoms with Gasteiger partial charge >= 0.3 is 0 Å². The maximum Gasteiger partial charge on any atom is 0.172 e. The van der Waals surface area contributed by atoms with E-state index in [4.69, 9.17) is 4.84 Å². The lowest BCUT2D eigenvalue weighted by molar-refractivity contribution is 0.0832. The standard InChI is InChI=1S/C11H10N2O/c1-2-4-9-8(3-1)7-10(13-9)11-5-6-12-14-11/h1-4,6-7,11,13H,5H2. The van der Waals surface area contributed by atoms with E-state index in [1.54, 1.807) is 6.21 Å². The fourth-order valence-electron chi connectivity index (χ4n) is 1.75. The van der Waals surface area contributed by atoms with Crippen molar-refractivity contribution in [2.45, 2.75) is 12.5 Å². The summed E-state index contributed by atoms with van der Waals surface area (Å²) in [5.74, 6) is 0. The van der Waals surface area contributed by atoms with E-state index < -0.39 is 0 Å². The molecule has 0 saturated heterocycles. The lowest BCUT2D eigenvalue weighted by Gasteiger charge is -2.03. The molecule has 70 valence electrons. The number of benzene rings is 1. The van der Waals surface area contributed by atoms with E-state index in [-0.39, 0.29) is 6.10 Å². The van der Waals surface area contributed by atoms with Gasteiger partial charge in [-0.2, -0.15) is 0 Å². The molecule has 1 aromatic carbocycles. The molecule has 0 aliphatic carbocycles. The third-order valence-corrected chi connectivity index (χ3v) is 2.48. The first kappa shape index (κ1) is 7.62. The molecular formula is C11H10N2O. The van der Waals surface area contributed by atoms with Crippen LogP contribution in [0.3, 0.4) is 0 Å². The van der Waals surface area contributed by atoms with Gasteiger partial charge in [0.2, 0.25) is 0 Å². The Morgan fingerprint density at radius 2 is 2.29 bits per heavy atom. The summed E-state index contributed by atoms with van der Waals surface area (Å²) in [6, 6.07) is 10.3. The maximum absolute atomic E-state index is 5.21. The van der Waals surface area contributed by atoms with Crippen LogP contribution in [0.4, 0.5) is 0 Å². The number of fused-ring (bicyclic) bond motifs is 1. The molecule has 1 unspecified atom stereocenters. The molecule has 0 bridgehead atoms. The summed E-state index contributed by atoms with van der Waals surface area (Å²) in [6.07, 6.45) is 2.73. The van der Waals surface area contributed by atoms with Gasteiger partial charge in [0.25, 0.3) is 0 Å². The second-order valence-electron chi connectivity index (χ2n) is 3.43. The molecule has 3 nitrogen and oxygen atoms in total. The van der Waals surface area contributed by atoms with Crippen LogP contribution in [-0.4, -0.2) is 11.2 Å². The van der Waals surface area contributed by atoms with Gasteiger partial charge in [0.1, 0.15) is 0 Å². The fourth-order valence-corrected chi connectivity index (χ4v) is 1.75. The Balaban J connectivity index is 2.05. The summed E-state index contributed by atoms with van der Waals surface area (Å²) in [7, 11) is 0. The minimum absolute atomic E-state index is 0.0717. The molecule has 1 aliphatic rings. The summed E-state index contributed by atoms with van der Waals surface area (Å²) in [5.41, 5.74) is 2.25. The summed E-state index contributed by atoms with van der Waals surface area (Å²) in [4.78, 5) is 8.54. The minimum atomic E-state index is 0.0717. The molecular weight excluding hydrogens is 176 g/mol. The molecule has 3 heteroatoms. The van der Waals surface area contributed by atoms with E-state index in [1.165, 1.54) is 5.39 Å². The molecule has 2 aromatic rings. The number of oxime groups is 1. The second kappa shape index (κ2) is 2.87. The summed E-state index contributed by atoms with van der Waals surface area (Å²) < 4.78 is 0. The van der Waals surface area contributed by atoms with Gasteiger partial charge in [0, 0.05) is 18.2 Å². The molecule has 1 atom stereocenters. The highest BCUT2D eigenvalue weighted by Crippen LogP contribution is 2.26. The van der Waals surface area contributed by atoms with Crippen molar-refractivity contribution in [2.24, 2.45) is 5.16 Å². The van der Waals surface area contributed by atoms with Crippen molar-refractivity contribution in [1.29, 1.82) is 0 Å². The number of hydrogen-bond acceptors (Lipinski definition) is 2. The Labute approximate surface area is 81.4 Å². The van der Waals surface area contributed by atoms with E-state index in [9.17, 15) is 0 Å². The van der Waals surface area contributed by atoms with Crippen molar-refractivity contribution in [3.8, 4) is 0 Å². The Bertz CT molecular complexity index is 446. The third kappa shape index (κ3) is 1.09. The number of nitrogens with one attached hydrogen (secondary N) is 1. The maximum atomic E-state index is 5.21. The van der Waals surface area contributed by atoms with Crippen LogP contribution in [0.1, 0.15) is 18.2 Å². The highest BCUT2D eigenvalue weighted by atomic mass is 16.6. The number of H-pyrrole nitrogens is 1. The highest BCUT2D eigenvalue weighted by molar-refractivity contribution is 5.80. The van der Waals surface area contributed by atoms with Crippen LogP contribution in [0.25, 0.3) is 10.9 Å². The van der Waals surface area contributed by atoms with Gasteiger partial charge in [-0.25, -0.2) is 0 Å². The first-order valence-electron chi connectivity index (χ1n) is 4.69. The third-order valence-electron chi connectivity index (χ3n) is 2.48. The minimum Gasteiger partial charge on any atom is -0.386 e. The first-order valence-corrected chi connectivity index (χ1v) is 4.69. The zero-order valence-corrected chi connectivity index (χ0v) is 7.60. The van der Waals surface area contributed by atoms with Crippen LogP contribution >= 0.6 is 0 Å². The molecule has 0 radical (unpaired) electrons. The molecule has 0 spiro atoms. The lowest BCUT2D eigenvalue weighted by atomic mass is 10.2. The average molecular weight is 186 g/mol. The molecule has 2 heterocycles. The van der Waals surface area contributed by atoms with E-state index >= 15 is 0 Å². The van der Waals surface area contributed by atoms with Crippen LogP contribution in [-0.2, 0) is 4.84 Å². The van der Waals surface area contributed by atoms with Gasteiger partial charge < -0.3 is 9.82 Å². The van der Waals surface area contributed by atoms with Crippen LogP contribution in [0, 0.1) is 0 Å². The topological polar surface area (TPSA) is 37.4 Å². The Morgan fingerprint density at radius 3 is 3.07 bits per heavy atom. The van der Waals surface area contributed by atoms with E-state index in [1.807, 2.05) is 12.1 Å². The molecule has 0 amide bonds.